The van der Waals surface area contributed by atoms with Crippen molar-refractivity contribution < 1.29 is 0 Å². The van der Waals surface area contributed by atoms with Crippen molar-refractivity contribution in [2.45, 2.75) is 13.8 Å². The van der Waals surface area contributed by atoms with E-state index >= 15 is 0 Å². The van der Waals surface area contributed by atoms with E-state index in [0.29, 0.717) is 0 Å². The summed E-state index contributed by atoms with van der Waals surface area (Å²) >= 11 is 3.72. The zero-order valence-electron chi connectivity index (χ0n) is 12.6. The Morgan fingerprint density at radius 1 is 0.636 bits per heavy atom. The molecule has 2 aromatic carbocycles. The molecular formula is C20H16S2. The molecule has 2 heterocycles. The Morgan fingerprint density at radius 3 is 1.55 bits per heavy atom. The van der Waals surface area contributed by atoms with Crippen molar-refractivity contribution in [2.24, 2.45) is 0 Å². The van der Waals surface area contributed by atoms with Gasteiger partial charge < -0.3 is 0 Å². The van der Waals surface area contributed by atoms with Crippen molar-refractivity contribution in [2.75, 3.05) is 0 Å². The molecule has 0 atom stereocenters. The Hall–Kier alpha value is -1.90. The molecule has 0 bridgehead atoms. The minimum atomic E-state index is 1.31. The summed E-state index contributed by atoms with van der Waals surface area (Å²) in [6.45, 7) is 4.29. The Labute approximate surface area is 138 Å². The summed E-state index contributed by atoms with van der Waals surface area (Å²) in [6.07, 6.45) is 4.47. The van der Waals surface area contributed by atoms with E-state index in [4.69, 9.17) is 0 Å². The van der Waals surface area contributed by atoms with Gasteiger partial charge in [0.15, 0.2) is 0 Å². The van der Waals surface area contributed by atoms with Crippen LogP contribution in [0.2, 0.25) is 0 Å². The minimum absolute atomic E-state index is 1.31. The number of fused-ring (bicyclic) bond motifs is 2. The second-order valence-corrected chi connectivity index (χ2v) is 7.94. The molecule has 0 aliphatic rings. The van der Waals surface area contributed by atoms with Crippen LogP contribution in [0, 0.1) is 13.8 Å². The SMILES string of the molecule is Cc1ccc2cc(C=Cc3cc4ccc(C)cc4s3)sc2c1. The smallest absolute Gasteiger partial charge is 0.0351 e. The van der Waals surface area contributed by atoms with Crippen molar-refractivity contribution in [3.8, 4) is 0 Å². The fourth-order valence-corrected chi connectivity index (χ4v) is 4.78. The van der Waals surface area contributed by atoms with Gasteiger partial charge in [-0.15, -0.1) is 22.7 Å². The van der Waals surface area contributed by atoms with E-state index < -0.39 is 0 Å². The van der Waals surface area contributed by atoms with Crippen LogP contribution >= 0.6 is 22.7 Å². The van der Waals surface area contributed by atoms with Crippen LogP contribution in [-0.2, 0) is 0 Å². The molecule has 0 aliphatic carbocycles. The topological polar surface area (TPSA) is 0 Å². The highest BCUT2D eigenvalue weighted by atomic mass is 32.1. The molecule has 2 heteroatoms. The van der Waals surface area contributed by atoms with Gasteiger partial charge in [0, 0.05) is 19.2 Å². The third kappa shape index (κ3) is 2.60. The maximum absolute atomic E-state index is 2.27. The Balaban J connectivity index is 1.68. The zero-order valence-corrected chi connectivity index (χ0v) is 14.2. The lowest BCUT2D eigenvalue weighted by atomic mass is 10.2. The summed E-state index contributed by atoms with van der Waals surface area (Å²) in [6, 6.07) is 17.8. The van der Waals surface area contributed by atoms with E-state index in [0.717, 1.165) is 0 Å². The van der Waals surface area contributed by atoms with Gasteiger partial charge in [-0.2, -0.15) is 0 Å². The van der Waals surface area contributed by atoms with Crippen molar-refractivity contribution >= 4 is 55.0 Å². The van der Waals surface area contributed by atoms with Crippen LogP contribution in [-0.4, -0.2) is 0 Å². The molecule has 0 fully saturated rings. The molecule has 0 saturated carbocycles. The molecule has 0 saturated heterocycles. The second kappa shape index (κ2) is 5.38. The highest BCUT2D eigenvalue weighted by molar-refractivity contribution is 7.20. The van der Waals surface area contributed by atoms with E-state index in [1.54, 1.807) is 0 Å². The maximum Gasteiger partial charge on any atom is 0.0351 e. The number of benzene rings is 2. The summed E-state index contributed by atoms with van der Waals surface area (Å²) in [5, 5.41) is 2.67. The molecule has 0 aliphatic heterocycles. The van der Waals surface area contributed by atoms with Crippen LogP contribution in [0.15, 0.2) is 48.5 Å². The zero-order chi connectivity index (χ0) is 15.1. The number of thiophene rings is 2. The molecule has 0 N–H and O–H groups in total. The average Bonchev–Trinajstić information content (AvgIpc) is 3.07. The lowest BCUT2D eigenvalue weighted by Crippen LogP contribution is -1.67. The van der Waals surface area contributed by atoms with Gasteiger partial charge >= 0.3 is 0 Å². The van der Waals surface area contributed by atoms with Crippen molar-refractivity contribution in [3.63, 3.8) is 0 Å². The van der Waals surface area contributed by atoms with E-state index in [9.17, 15) is 0 Å². The molecule has 0 radical (unpaired) electrons. The lowest BCUT2D eigenvalue weighted by molar-refractivity contribution is 1.52. The largest absolute Gasteiger partial charge is 0.136 e. The fourth-order valence-electron chi connectivity index (χ4n) is 2.65. The highest BCUT2D eigenvalue weighted by Crippen LogP contribution is 2.30. The van der Waals surface area contributed by atoms with E-state index in [1.165, 1.54) is 41.1 Å². The molecule has 4 aromatic rings. The summed E-state index contributed by atoms with van der Waals surface area (Å²) in [5.41, 5.74) is 2.65. The summed E-state index contributed by atoms with van der Waals surface area (Å²) in [7, 11) is 0. The fraction of sp³-hybridized carbons (Fsp3) is 0.100. The molecule has 22 heavy (non-hydrogen) atoms. The summed E-state index contributed by atoms with van der Waals surface area (Å²) in [5.74, 6) is 0. The number of hydrogen-bond acceptors (Lipinski definition) is 2. The highest BCUT2D eigenvalue weighted by Gasteiger charge is 2.01. The van der Waals surface area contributed by atoms with E-state index in [2.05, 4.69) is 74.5 Å². The first-order chi connectivity index (χ1) is 10.7. The Morgan fingerprint density at radius 2 is 1.09 bits per heavy atom. The van der Waals surface area contributed by atoms with Gasteiger partial charge in [0.2, 0.25) is 0 Å². The quantitative estimate of drug-likeness (QED) is 0.376. The van der Waals surface area contributed by atoms with Crippen LogP contribution < -0.4 is 0 Å². The second-order valence-electron chi connectivity index (χ2n) is 5.71. The van der Waals surface area contributed by atoms with Gasteiger partial charge in [-0.3, -0.25) is 0 Å². The summed E-state index contributed by atoms with van der Waals surface area (Å²) < 4.78 is 2.73. The molecule has 4 rings (SSSR count). The minimum Gasteiger partial charge on any atom is -0.136 e. The van der Waals surface area contributed by atoms with Crippen LogP contribution in [0.3, 0.4) is 0 Å². The van der Waals surface area contributed by atoms with Crippen molar-refractivity contribution in [1.82, 2.24) is 0 Å². The summed E-state index contributed by atoms with van der Waals surface area (Å²) in [4.78, 5) is 2.63. The van der Waals surface area contributed by atoms with Crippen LogP contribution in [0.1, 0.15) is 20.9 Å². The van der Waals surface area contributed by atoms with Crippen LogP contribution in [0.25, 0.3) is 32.3 Å². The molecule has 0 unspecified atom stereocenters. The van der Waals surface area contributed by atoms with Crippen LogP contribution in [0.4, 0.5) is 0 Å². The molecule has 2 aromatic heterocycles. The monoisotopic (exact) mass is 320 g/mol. The predicted molar refractivity (Wildman–Crippen MR) is 102 cm³/mol. The Kier molecular flexibility index (Phi) is 3.36. The average molecular weight is 320 g/mol. The first-order valence-electron chi connectivity index (χ1n) is 7.36. The first kappa shape index (κ1) is 13.7. The molecule has 108 valence electrons. The predicted octanol–water partition coefficient (Wildman–Crippen LogP) is 6.90. The maximum atomic E-state index is 2.27. The van der Waals surface area contributed by atoms with Crippen molar-refractivity contribution in [1.29, 1.82) is 0 Å². The first-order valence-corrected chi connectivity index (χ1v) is 8.99. The van der Waals surface area contributed by atoms with Gasteiger partial charge in [0.05, 0.1) is 0 Å². The molecule has 0 amide bonds. The number of aryl methyl sites for hydroxylation is 2. The van der Waals surface area contributed by atoms with Gasteiger partial charge in [-0.05, 0) is 72.2 Å². The van der Waals surface area contributed by atoms with E-state index in [-0.39, 0.29) is 0 Å². The Bertz CT molecular complexity index is 917. The lowest BCUT2D eigenvalue weighted by Gasteiger charge is -1.89. The van der Waals surface area contributed by atoms with E-state index in [1.807, 2.05) is 22.7 Å². The third-order valence-corrected chi connectivity index (χ3v) is 5.93. The van der Waals surface area contributed by atoms with Crippen LogP contribution in [0.5, 0.6) is 0 Å². The van der Waals surface area contributed by atoms with Gasteiger partial charge in [-0.25, -0.2) is 0 Å². The standard InChI is InChI=1S/C20H16S2/c1-13-3-5-15-11-17(21-19(15)9-13)7-8-18-12-16-6-4-14(2)10-20(16)22-18/h3-12H,1-2H3. The number of hydrogen-bond donors (Lipinski definition) is 0. The molecular weight excluding hydrogens is 304 g/mol. The third-order valence-electron chi connectivity index (χ3n) is 3.80. The van der Waals surface area contributed by atoms with Gasteiger partial charge in [-0.1, -0.05) is 24.3 Å². The molecule has 0 nitrogen and oxygen atoms in total. The molecule has 0 spiro atoms. The van der Waals surface area contributed by atoms with Crippen molar-refractivity contribution in [3.05, 3.63) is 69.4 Å². The van der Waals surface area contributed by atoms with Gasteiger partial charge in [0.1, 0.15) is 0 Å². The van der Waals surface area contributed by atoms with Gasteiger partial charge in [0.25, 0.3) is 0 Å². The number of rotatable bonds is 2. The normalized spacial score (nSPS) is 11.9.